The van der Waals surface area contributed by atoms with Crippen molar-refractivity contribution in [3.05, 3.63) is 17.7 Å². The molecular weight excluding hydrogens is 266 g/mol. The van der Waals surface area contributed by atoms with Crippen molar-refractivity contribution < 1.29 is 4.79 Å². The van der Waals surface area contributed by atoms with Crippen molar-refractivity contribution in [3.63, 3.8) is 0 Å². The maximum atomic E-state index is 12.3. The summed E-state index contributed by atoms with van der Waals surface area (Å²) in [6.45, 7) is 4.67. The topological polar surface area (TPSA) is 92.9 Å². The van der Waals surface area contributed by atoms with E-state index in [0.717, 1.165) is 12.3 Å². The summed E-state index contributed by atoms with van der Waals surface area (Å²) in [6.07, 6.45) is 7.83. The van der Waals surface area contributed by atoms with Crippen LogP contribution in [-0.4, -0.2) is 22.4 Å². The van der Waals surface area contributed by atoms with Gasteiger partial charge in [-0.05, 0) is 12.3 Å². The van der Waals surface area contributed by atoms with Crippen LogP contribution in [0.4, 0.5) is 5.69 Å². The number of nitrogens with one attached hydrogen (secondary N) is 2. The van der Waals surface area contributed by atoms with Crippen molar-refractivity contribution in [3.8, 4) is 0 Å². The summed E-state index contributed by atoms with van der Waals surface area (Å²) in [4.78, 5) is 20.8. The van der Waals surface area contributed by atoms with Crippen LogP contribution in [0.2, 0.25) is 0 Å². The van der Waals surface area contributed by atoms with Crippen LogP contribution < -0.4 is 16.6 Å². The van der Waals surface area contributed by atoms with E-state index in [1.807, 2.05) is 13.8 Å². The second-order valence-electron chi connectivity index (χ2n) is 5.98. The third-order valence-corrected chi connectivity index (χ3v) is 4.01. The van der Waals surface area contributed by atoms with E-state index in [0.29, 0.717) is 23.8 Å². The van der Waals surface area contributed by atoms with Crippen LogP contribution in [0.5, 0.6) is 0 Å². The number of aromatic nitrogens is 2. The van der Waals surface area contributed by atoms with Crippen LogP contribution in [0.1, 0.15) is 68.2 Å². The molecule has 1 saturated carbocycles. The zero-order chi connectivity index (χ0) is 15.2. The molecule has 1 aliphatic rings. The lowest BCUT2D eigenvalue weighted by Gasteiger charge is -2.13. The molecule has 21 heavy (non-hydrogen) atoms. The first-order chi connectivity index (χ1) is 10.1. The molecule has 0 spiro atoms. The molecule has 0 saturated heterocycles. The number of rotatable bonds is 6. The van der Waals surface area contributed by atoms with Crippen LogP contribution in [0.25, 0.3) is 0 Å². The summed E-state index contributed by atoms with van der Waals surface area (Å²) in [7, 11) is 0. The molecule has 0 unspecified atom stereocenters. The van der Waals surface area contributed by atoms with Crippen molar-refractivity contribution in [1.29, 1.82) is 0 Å². The van der Waals surface area contributed by atoms with Gasteiger partial charge in [0.2, 0.25) is 0 Å². The minimum atomic E-state index is -0.190. The molecule has 4 N–H and O–H groups in total. The van der Waals surface area contributed by atoms with Crippen molar-refractivity contribution in [2.45, 2.75) is 51.9 Å². The van der Waals surface area contributed by atoms with Gasteiger partial charge in [0.05, 0.1) is 11.9 Å². The highest BCUT2D eigenvalue weighted by Crippen LogP contribution is 2.27. The third kappa shape index (κ3) is 4.14. The third-order valence-electron chi connectivity index (χ3n) is 4.01. The van der Waals surface area contributed by atoms with E-state index < -0.39 is 0 Å². The largest absolute Gasteiger partial charge is 0.351 e. The van der Waals surface area contributed by atoms with Gasteiger partial charge in [0.15, 0.2) is 5.69 Å². The summed E-state index contributed by atoms with van der Waals surface area (Å²) < 4.78 is 0. The van der Waals surface area contributed by atoms with Crippen LogP contribution >= 0.6 is 0 Å². The van der Waals surface area contributed by atoms with Gasteiger partial charge in [0.25, 0.3) is 5.91 Å². The molecule has 116 valence electrons. The van der Waals surface area contributed by atoms with Gasteiger partial charge in [-0.3, -0.25) is 10.6 Å². The number of amides is 1. The van der Waals surface area contributed by atoms with E-state index in [4.69, 9.17) is 5.84 Å². The van der Waals surface area contributed by atoms with Crippen molar-refractivity contribution in [1.82, 2.24) is 15.3 Å². The normalized spacial score (nSPS) is 15.4. The first-order valence-corrected chi connectivity index (χ1v) is 7.73. The molecule has 1 aromatic rings. The van der Waals surface area contributed by atoms with Crippen molar-refractivity contribution in [2.75, 3.05) is 12.0 Å². The standard InChI is InChI=1S/C15H25N5O/c1-10(2)14-18-9-12(20-16)13(19-14)15(21)17-8-7-11-5-3-4-6-11/h9-11,20H,3-8,16H2,1-2H3,(H,17,21). The smallest absolute Gasteiger partial charge is 0.272 e. The van der Waals surface area contributed by atoms with Crippen LogP contribution in [0.3, 0.4) is 0 Å². The molecule has 1 amide bonds. The Bertz CT molecular complexity index is 483. The fourth-order valence-corrected chi connectivity index (χ4v) is 2.72. The van der Waals surface area contributed by atoms with Gasteiger partial charge in [-0.15, -0.1) is 0 Å². The quantitative estimate of drug-likeness (QED) is 0.552. The summed E-state index contributed by atoms with van der Waals surface area (Å²) in [6, 6.07) is 0. The number of carbonyl (C=O) groups is 1. The van der Waals surface area contributed by atoms with Crippen molar-refractivity contribution in [2.24, 2.45) is 11.8 Å². The molecule has 1 heterocycles. The molecule has 0 radical (unpaired) electrons. The maximum Gasteiger partial charge on any atom is 0.272 e. The molecule has 0 bridgehead atoms. The highest BCUT2D eigenvalue weighted by atomic mass is 16.1. The maximum absolute atomic E-state index is 12.3. The Kier molecular flexibility index (Phi) is 5.50. The monoisotopic (exact) mass is 291 g/mol. The summed E-state index contributed by atoms with van der Waals surface area (Å²) in [5, 5.41) is 2.94. The summed E-state index contributed by atoms with van der Waals surface area (Å²) >= 11 is 0. The molecule has 2 rings (SSSR count). The van der Waals surface area contributed by atoms with Crippen LogP contribution in [0, 0.1) is 5.92 Å². The second-order valence-corrected chi connectivity index (χ2v) is 5.98. The van der Waals surface area contributed by atoms with Crippen LogP contribution in [0.15, 0.2) is 6.20 Å². The van der Waals surface area contributed by atoms with E-state index >= 15 is 0 Å². The molecule has 6 heteroatoms. The van der Waals surface area contributed by atoms with Gasteiger partial charge in [-0.1, -0.05) is 39.5 Å². The molecule has 1 aliphatic carbocycles. The predicted octanol–water partition coefficient (Wildman–Crippen LogP) is 2.20. The van der Waals surface area contributed by atoms with Crippen molar-refractivity contribution >= 4 is 11.6 Å². The Morgan fingerprint density at radius 1 is 1.43 bits per heavy atom. The average Bonchev–Trinajstić information content (AvgIpc) is 2.99. The lowest BCUT2D eigenvalue weighted by molar-refractivity contribution is 0.0947. The fourth-order valence-electron chi connectivity index (χ4n) is 2.72. The number of nitrogens with two attached hydrogens (primary N) is 1. The van der Waals surface area contributed by atoms with Gasteiger partial charge in [-0.2, -0.15) is 0 Å². The number of nitrogens with zero attached hydrogens (tertiary/aromatic N) is 2. The van der Waals surface area contributed by atoms with Gasteiger partial charge < -0.3 is 10.7 Å². The Hall–Kier alpha value is -1.69. The Labute approximate surface area is 125 Å². The number of anilines is 1. The van der Waals surface area contributed by atoms with Gasteiger partial charge >= 0.3 is 0 Å². The SMILES string of the molecule is CC(C)c1ncc(NN)c(C(=O)NCCC2CCCC2)n1. The molecule has 1 aromatic heterocycles. The number of hydrogen-bond acceptors (Lipinski definition) is 5. The number of hydrogen-bond donors (Lipinski definition) is 3. The Morgan fingerprint density at radius 2 is 2.14 bits per heavy atom. The van der Waals surface area contributed by atoms with E-state index in [2.05, 4.69) is 20.7 Å². The molecule has 0 atom stereocenters. The lowest BCUT2D eigenvalue weighted by atomic mass is 10.0. The first-order valence-electron chi connectivity index (χ1n) is 7.73. The summed E-state index contributed by atoms with van der Waals surface area (Å²) in [5.74, 6) is 6.82. The van der Waals surface area contributed by atoms with E-state index in [1.54, 1.807) is 6.20 Å². The molecule has 0 aliphatic heterocycles. The Balaban J connectivity index is 1.97. The van der Waals surface area contributed by atoms with Gasteiger partial charge in [0, 0.05) is 12.5 Å². The highest BCUT2D eigenvalue weighted by molar-refractivity contribution is 5.97. The number of nitrogen functional groups attached to an aromatic ring is 1. The molecule has 6 nitrogen and oxygen atoms in total. The van der Waals surface area contributed by atoms with E-state index in [-0.39, 0.29) is 11.8 Å². The zero-order valence-electron chi connectivity index (χ0n) is 12.9. The second kappa shape index (κ2) is 7.36. The van der Waals surface area contributed by atoms with Gasteiger partial charge in [-0.25, -0.2) is 9.97 Å². The Morgan fingerprint density at radius 3 is 2.76 bits per heavy atom. The van der Waals surface area contributed by atoms with E-state index in [1.165, 1.54) is 25.7 Å². The zero-order valence-corrected chi connectivity index (χ0v) is 12.9. The summed E-state index contributed by atoms with van der Waals surface area (Å²) in [5.41, 5.74) is 3.27. The minimum absolute atomic E-state index is 0.168. The number of carbonyl (C=O) groups excluding carboxylic acids is 1. The predicted molar refractivity (Wildman–Crippen MR) is 82.8 cm³/mol. The van der Waals surface area contributed by atoms with Crippen LogP contribution in [-0.2, 0) is 0 Å². The average molecular weight is 291 g/mol. The van der Waals surface area contributed by atoms with Gasteiger partial charge in [0.1, 0.15) is 5.82 Å². The molecule has 0 aromatic carbocycles. The lowest BCUT2D eigenvalue weighted by Crippen LogP contribution is -2.28. The fraction of sp³-hybridized carbons (Fsp3) is 0.667. The molecular formula is C15H25N5O. The highest BCUT2D eigenvalue weighted by Gasteiger charge is 2.18. The first kappa shape index (κ1) is 15.7. The minimum Gasteiger partial charge on any atom is -0.351 e. The molecule has 1 fully saturated rings. The number of hydrazine groups is 1. The van der Waals surface area contributed by atoms with E-state index in [9.17, 15) is 4.79 Å².